The van der Waals surface area contributed by atoms with Crippen LogP contribution in [0, 0.1) is 58.7 Å². The number of hydrogen-bond acceptors (Lipinski definition) is 14. The molecule has 8 rings (SSSR count). The van der Waals surface area contributed by atoms with Crippen LogP contribution in [-0.2, 0) is 18.9 Å². The van der Waals surface area contributed by atoms with E-state index in [1.54, 1.807) is 46.6 Å². The first-order valence-electron chi connectivity index (χ1n) is 25.0. The Bertz CT molecular complexity index is 2420. The van der Waals surface area contributed by atoms with Gasteiger partial charge >= 0.3 is 0 Å². The molecule has 4 aromatic carbocycles. The first-order chi connectivity index (χ1) is 35.5. The highest BCUT2D eigenvalue weighted by Crippen LogP contribution is 2.31. The molecule has 0 aliphatic carbocycles. The number of benzene rings is 4. The van der Waals surface area contributed by atoms with Gasteiger partial charge in [0.2, 0.25) is 0 Å². The maximum atomic E-state index is 13.5. The summed E-state index contributed by atoms with van der Waals surface area (Å²) >= 11 is 0. The quantitative estimate of drug-likeness (QED) is 0.0865. The number of likely N-dealkylation sites (tertiary alicyclic amines) is 4. The van der Waals surface area contributed by atoms with Gasteiger partial charge in [-0.25, -0.2) is 22.0 Å². The van der Waals surface area contributed by atoms with Crippen LogP contribution in [0.4, 0.5) is 22.0 Å². The summed E-state index contributed by atoms with van der Waals surface area (Å²) in [5, 5.41) is 17.8. The van der Waals surface area contributed by atoms with Crippen molar-refractivity contribution in [2.75, 3.05) is 133 Å². The molecule has 0 aromatic heterocycles. The summed E-state index contributed by atoms with van der Waals surface area (Å²) in [5.41, 5.74) is 29.7. The number of nitriles is 2. The van der Waals surface area contributed by atoms with Crippen molar-refractivity contribution in [2.24, 2.45) is 22.9 Å². The molecule has 0 saturated carbocycles. The Morgan fingerprint density at radius 1 is 0.459 bits per heavy atom. The van der Waals surface area contributed by atoms with E-state index < -0.39 is 23.3 Å². The minimum absolute atomic E-state index is 0.00820. The summed E-state index contributed by atoms with van der Waals surface area (Å²) in [7, 11) is 6.69. The zero-order valence-electron chi connectivity index (χ0n) is 43.4. The molecule has 8 atom stereocenters. The van der Waals surface area contributed by atoms with Crippen LogP contribution in [0.5, 0.6) is 0 Å². The third kappa shape index (κ3) is 17.3. The van der Waals surface area contributed by atoms with E-state index in [0.29, 0.717) is 56.5 Å². The molecule has 4 fully saturated rings. The number of methoxy groups -OCH3 is 4. The van der Waals surface area contributed by atoms with Gasteiger partial charge in [-0.2, -0.15) is 10.5 Å². The van der Waals surface area contributed by atoms with E-state index in [-0.39, 0.29) is 53.3 Å². The highest BCUT2D eigenvalue weighted by atomic mass is 19.2. The molecule has 0 bridgehead atoms. The normalized spacial score (nSPS) is 24.1. The molecule has 0 unspecified atom stereocenters. The van der Waals surface area contributed by atoms with Crippen molar-refractivity contribution in [2.45, 2.75) is 54.8 Å². The van der Waals surface area contributed by atoms with E-state index in [2.05, 4.69) is 50.8 Å². The van der Waals surface area contributed by atoms with E-state index in [4.69, 9.17) is 52.4 Å². The van der Waals surface area contributed by atoms with E-state index in [1.165, 1.54) is 29.3 Å². The number of ether oxygens (including phenoxy) is 4. The molecule has 4 aliphatic heterocycles. The molecule has 0 spiro atoms. The summed E-state index contributed by atoms with van der Waals surface area (Å²) in [4.78, 5) is 8.89. The fourth-order valence-corrected chi connectivity index (χ4v) is 10.0. The van der Waals surface area contributed by atoms with Crippen LogP contribution in [0.3, 0.4) is 0 Å². The first-order valence-corrected chi connectivity index (χ1v) is 25.0. The van der Waals surface area contributed by atoms with Gasteiger partial charge in [0.15, 0.2) is 17.5 Å². The molecular formula is C55H75F5N10O4. The number of aryl methyl sites for hydroxylation is 1. The largest absolute Gasteiger partial charge is 0.383 e. The predicted octanol–water partition coefficient (Wildman–Crippen LogP) is 4.99. The Balaban J connectivity index is 0.000000183. The molecule has 14 nitrogen and oxygen atoms in total. The number of rotatable bonds is 16. The van der Waals surface area contributed by atoms with Crippen LogP contribution >= 0.6 is 0 Å². The third-order valence-corrected chi connectivity index (χ3v) is 14.2. The molecular weight excluding hydrogens is 960 g/mol. The molecule has 4 aliphatic rings. The van der Waals surface area contributed by atoms with Crippen LogP contribution in [-0.4, -0.2) is 177 Å². The monoisotopic (exact) mass is 1030 g/mol. The van der Waals surface area contributed by atoms with Crippen molar-refractivity contribution >= 4 is 0 Å². The van der Waals surface area contributed by atoms with Crippen LogP contribution in [0.2, 0.25) is 0 Å². The SMILES string of the molecule is COCCN1C[C@@H](N)[C@H](c2cc(F)c(F)c(F)c2)C1.COCCN1C[C@@H](N)[C@H](c2cc(F)cc(C#N)c2)C1.COCCN1C[C@@H](N)[C@H](c2ccc(C)cc2)C1.COCCN1C[C@@H](N)[C@H](c2ccc(F)c(C#N)c2)C1. The van der Waals surface area contributed by atoms with Gasteiger partial charge in [0.1, 0.15) is 17.7 Å². The second-order valence-electron chi connectivity index (χ2n) is 19.5. The van der Waals surface area contributed by atoms with Crippen molar-refractivity contribution < 1.29 is 40.9 Å². The van der Waals surface area contributed by atoms with Gasteiger partial charge in [-0.3, -0.25) is 19.6 Å². The van der Waals surface area contributed by atoms with Gasteiger partial charge in [0, 0.05) is 155 Å². The maximum absolute atomic E-state index is 13.5. The number of hydrogen-bond donors (Lipinski definition) is 4. The van der Waals surface area contributed by atoms with Crippen molar-refractivity contribution in [1.82, 2.24) is 19.6 Å². The maximum Gasteiger partial charge on any atom is 0.194 e. The molecule has 4 heterocycles. The number of nitrogens with zero attached hydrogens (tertiary/aromatic N) is 6. The predicted molar refractivity (Wildman–Crippen MR) is 276 cm³/mol. The Morgan fingerprint density at radius 3 is 1.23 bits per heavy atom. The third-order valence-electron chi connectivity index (χ3n) is 14.2. The lowest BCUT2D eigenvalue weighted by Crippen LogP contribution is -2.30. The molecule has 4 aromatic rings. The highest BCUT2D eigenvalue weighted by molar-refractivity contribution is 5.38. The van der Waals surface area contributed by atoms with Crippen LogP contribution in [0.25, 0.3) is 0 Å². The zero-order chi connectivity index (χ0) is 53.9. The van der Waals surface area contributed by atoms with Crippen LogP contribution < -0.4 is 22.9 Å². The second kappa shape index (κ2) is 29.9. The summed E-state index contributed by atoms with van der Waals surface area (Å²) in [5.74, 6) is -4.15. The van der Waals surface area contributed by atoms with Gasteiger partial charge in [-0.15, -0.1) is 0 Å². The standard InChI is InChI=1S/2C14H18FN3O.C14H22N2O.C13H17F3N2O/c1-19-3-2-18-8-13(14(17)9-18)11-4-10(7-16)5-12(15)6-11;1-19-5-4-18-8-12(14(17)9-18)10-2-3-13(15)11(6-10)7-16;1-11-3-5-12(6-4-11)13-9-16(7-8-17-2)10-14(13)15;1-19-3-2-18-6-9(12(17)7-18)8-4-10(14)13(16)11(15)5-8/h4-6,13-14H,2-3,8-9,17H2,1H3;2-3,6,12,14H,4-5,8-9,17H2,1H3;3-6,13-14H,7-10,15H2,1-2H3;4-5,9,12H,2-3,6-7,17H2,1H3/t13-,14+;12-,14+;13-,14+;9-,12+/m0000/s1. The average molecular weight is 1040 g/mol. The topological polar surface area (TPSA) is 202 Å². The Morgan fingerprint density at radius 2 is 0.838 bits per heavy atom. The Labute approximate surface area is 433 Å². The van der Waals surface area contributed by atoms with Gasteiger partial charge in [0.05, 0.1) is 43.6 Å². The van der Waals surface area contributed by atoms with E-state index in [0.717, 1.165) is 88.8 Å². The molecule has 8 N–H and O–H groups in total. The summed E-state index contributed by atoms with van der Waals surface area (Å²) in [6, 6.07) is 23.8. The van der Waals surface area contributed by atoms with Crippen molar-refractivity contribution in [3.05, 3.63) is 141 Å². The lowest BCUT2D eigenvalue weighted by Gasteiger charge is -2.16. The molecule has 404 valence electrons. The van der Waals surface area contributed by atoms with Gasteiger partial charge in [-0.05, 0) is 71.6 Å². The minimum Gasteiger partial charge on any atom is -0.383 e. The van der Waals surface area contributed by atoms with Crippen molar-refractivity contribution in [3.8, 4) is 12.1 Å². The lowest BCUT2D eigenvalue weighted by atomic mass is 9.93. The summed E-state index contributed by atoms with van der Waals surface area (Å²) < 4.78 is 86.4. The average Bonchev–Trinajstić information content (AvgIpc) is 4.17. The van der Waals surface area contributed by atoms with Crippen molar-refractivity contribution in [1.29, 1.82) is 10.5 Å². The molecule has 0 radical (unpaired) electrons. The fraction of sp³-hybridized carbons (Fsp3) is 0.527. The molecule has 4 saturated heterocycles. The summed E-state index contributed by atoms with van der Waals surface area (Å²) in [6.07, 6.45) is 0. The van der Waals surface area contributed by atoms with E-state index in [1.807, 2.05) is 12.1 Å². The van der Waals surface area contributed by atoms with Crippen molar-refractivity contribution in [3.63, 3.8) is 0 Å². The first kappa shape index (κ1) is 59.9. The summed E-state index contributed by atoms with van der Waals surface area (Å²) in [6.45, 7) is 14.6. The molecule has 19 heteroatoms. The number of nitrogens with two attached hydrogens (primary N) is 4. The van der Waals surface area contributed by atoms with E-state index >= 15 is 0 Å². The lowest BCUT2D eigenvalue weighted by molar-refractivity contribution is 0.159. The molecule has 0 amide bonds. The van der Waals surface area contributed by atoms with Crippen LogP contribution in [0.1, 0.15) is 62.6 Å². The van der Waals surface area contributed by atoms with Gasteiger partial charge in [0.25, 0.3) is 0 Å². The fourth-order valence-electron chi connectivity index (χ4n) is 10.0. The second-order valence-corrected chi connectivity index (χ2v) is 19.5. The molecule has 74 heavy (non-hydrogen) atoms. The van der Waals surface area contributed by atoms with Crippen LogP contribution in [0.15, 0.2) is 72.8 Å². The highest BCUT2D eigenvalue weighted by Gasteiger charge is 2.35. The zero-order valence-corrected chi connectivity index (χ0v) is 43.4. The minimum atomic E-state index is -1.44. The Kier molecular flexibility index (Phi) is 24.2. The number of halogens is 5. The van der Waals surface area contributed by atoms with E-state index in [9.17, 15) is 22.0 Å². The van der Waals surface area contributed by atoms with Gasteiger partial charge in [-0.1, -0.05) is 35.9 Å². The smallest absolute Gasteiger partial charge is 0.194 e. The van der Waals surface area contributed by atoms with Gasteiger partial charge < -0.3 is 41.9 Å². The Hall–Kier alpha value is -4.97.